The van der Waals surface area contributed by atoms with Crippen LogP contribution < -0.4 is 19.3 Å². The molecule has 1 heterocycles. The first-order valence-electron chi connectivity index (χ1n) is 14.7. The van der Waals surface area contributed by atoms with Crippen molar-refractivity contribution in [1.29, 1.82) is 0 Å². The van der Waals surface area contributed by atoms with E-state index in [1.165, 1.54) is 43.8 Å². The topological polar surface area (TPSA) is 22.9 Å². The van der Waals surface area contributed by atoms with Crippen LogP contribution in [-0.2, 0) is 30.5 Å². The van der Waals surface area contributed by atoms with Gasteiger partial charge in [0, 0.05) is 27.8 Å². The van der Waals surface area contributed by atoms with Gasteiger partial charge in [0.1, 0.15) is 31.1 Å². The summed E-state index contributed by atoms with van der Waals surface area (Å²) in [6.07, 6.45) is 0. The normalized spacial score (nSPS) is 17.6. The van der Waals surface area contributed by atoms with Crippen molar-refractivity contribution in [2.24, 2.45) is 0 Å². The average Bonchev–Trinajstić information content (AvgIpc) is 2.90. The summed E-state index contributed by atoms with van der Waals surface area (Å²) in [6, 6.07) is 30.6. The molecular formula is C37H45NO2P+. The van der Waals surface area contributed by atoms with Crippen molar-refractivity contribution in [2.75, 3.05) is 0 Å². The number of hydrogen-bond acceptors (Lipinski definition) is 2. The third kappa shape index (κ3) is 6.85. The van der Waals surface area contributed by atoms with E-state index in [1.807, 2.05) is 0 Å². The smallest absolute Gasteiger partial charge is 0.326 e. The fourth-order valence-corrected chi connectivity index (χ4v) is 7.17. The molecule has 0 bridgehead atoms. The maximum absolute atomic E-state index is 7.15. The first kappa shape index (κ1) is 29.4. The minimum absolute atomic E-state index is 0.0803. The van der Waals surface area contributed by atoms with Crippen LogP contribution in [0.2, 0.25) is 0 Å². The molecule has 41 heavy (non-hydrogen) atoms. The Bertz CT molecular complexity index is 1420. The molecule has 0 radical (unpaired) electrons. The van der Waals surface area contributed by atoms with E-state index in [4.69, 9.17) is 9.05 Å². The average molecular weight is 567 g/mol. The van der Waals surface area contributed by atoms with Crippen molar-refractivity contribution in [1.82, 2.24) is 0 Å². The molecular weight excluding hydrogens is 521 g/mol. The molecule has 0 spiro atoms. The van der Waals surface area contributed by atoms with E-state index in [-0.39, 0.29) is 10.8 Å². The molecule has 1 N–H and O–H groups in total. The second-order valence-electron chi connectivity index (χ2n) is 13.6. The molecule has 0 aliphatic carbocycles. The van der Waals surface area contributed by atoms with Crippen LogP contribution in [-0.4, -0.2) is 0 Å². The third-order valence-corrected chi connectivity index (χ3v) is 9.15. The summed E-state index contributed by atoms with van der Waals surface area (Å²) < 4.78 is 14.3. The lowest BCUT2D eigenvalue weighted by Crippen LogP contribution is -3.08. The molecule has 0 saturated carbocycles. The first-order valence-corrected chi connectivity index (χ1v) is 15.9. The molecule has 1 aliphatic heterocycles. The summed E-state index contributed by atoms with van der Waals surface area (Å²) >= 11 is 0. The molecule has 3 nitrogen and oxygen atoms in total. The lowest BCUT2D eigenvalue weighted by atomic mass is 9.83. The highest BCUT2D eigenvalue weighted by Crippen LogP contribution is 2.48. The number of nitrogens with one attached hydrogen (secondary N) is 1. The highest BCUT2D eigenvalue weighted by Gasteiger charge is 2.33. The van der Waals surface area contributed by atoms with E-state index in [0.29, 0.717) is 0 Å². The van der Waals surface area contributed by atoms with Crippen LogP contribution in [0.1, 0.15) is 80.5 Å². The van der Waals surface area contributed by atoms with E-state index in [1.54, 1.807) is 0 Å². The van der Waals surface area contributed by atoms with Gasteiger partial charge < -0.3 is 13.9 Å². The lowest BCUT2D eigenvalue weighted by molar-refractivity contribution is -0.941. The minimum atomic E-state index is -1.43. The van der Waals surface area contributed by atoms with Crippen LogP contribution in [0.3, 0.4) is 0 Å². The zero-order valence-corrected chi connectivity index (χ0v) is 26.9. The van der Waals surface area contributed by atoms with Crippen LogP contribution >= 0.6 is 8.38 Å². The van der Waals surface area contributed by atoms with Crippen molar-refractivity contribution >= 4 is 13.7 Å². The molecule has 4 aromatic rings. The Hall–Kier alpha value is -3.13. The number of rotatable bonds is 3. The van der Waals surface area contributed by atoms with Crippen LogP contribution in [0.4, 0.5) is 0 Å². The molecule has 4 aromatic carbocycles. The van der Waals surface area contributed by atoms with Crippen molar-refractivity contribution in [3.8, 4) is 11.5 Å². The summed E-state index contributed by atoms with van der Waals surface area (Å²) in [7, 11) is -1.43. The van der Waals surface area contributed by atoms with Crippen LogP contribution in [0.5, 0.6) is 11.5 Å². The molecule has 0 amide bonds. The van der Waals surface area contributed by atoms with Crippen molar-refractivity contribution in [2.45, 2.75) is 85.9 Å². The maximum Gasteiger partial charge on any atom is 0.326 e. The molecule has 5 rings (SSSR count). The molecule has 0 saturated heterocycles. The van der Waals surface area contributed by atoms with E-state index < -0.39 is 8.38 Å². The highest BCUT2D eigenvalue weighted by molar-refractivity contribution is 7.56. The zero-order valence-electron chi connectivity index (χ0n) is 26.0. The van der Waals surface area contributed by atoms with E-state index in [2.05, 4.69) is 140 Å². The predicted molar refractivity (Wildman–Crippen MR) is 173 cm³/mol. The van der Waals surface area contributed by atoms with Crippen molar-refractivity contribution in [3.05, 3.63) is 124 Å². The number of fused-ring (bicyclic) bond motifs is 2. The van der Waals surface area contributed by atoms with Gasteiger partial charge in [-0.05, 0) is 48.9 Å². The van der Waals surface area contributed by atoms with Gasteiger partial charge in [0.25, 0.3) is 0 Å². The van der Waals surface area contributed by atoms with Crippen molar-refractivity contribution < 1.29 is 13.9 Å². The first-order chi connectivity index (χ1) is 19.4. The van der Waals surface area contributed by atoms with Gasteiger partial charge in [0.05, 0.1) is 5.30 Å². The number of benzene rings is 4. The summed E-state index contributed by atoms with van der Waals surface area (Å²) in [4.78, 5) is 1.47. The van der Waals surface area contributed by atoms with Crippen LogP contribution in [0.15, 0.2) is 84.9 Å². The molecule has 0 unspecified atom stereocenters. The molecule has 4 heteroatoms. The summed E-state index contributed by atoms with van der Waals surface area (Å²) in [5.41, 5.74) is 8.68. The SMILES string of the molecule is Cc1cc2c(c(C(C)(C)C)c1)OP(c1ccccc1)Oc1c(cc(C)cc1C(C)(C)C)C[NH+](Cc1ccccc1)C2. The van der Waals surface area contributed by atoms with Crippen LogP contribution in [0, 0.1) is 13.8 Å². The highest BCUT2D eigenvalue weighted by atomic mass is 31.2. The van der Waals surface area contributed by atoms with Gasteiger partial charge in [-0.25, -0.2) is 0 Å². The quantitative estimate of drug-likeness (QED) is 0.253. The van der Waals surface area contributed by atoms with E-state index >= 15 is 0 Å². The van der Waals surface area contributed by atoms with Gasteiger partial charge in [-0.2, -0.15) is 0 Å². The van der Waals surface area contributed by atoms with Crippen molar-refractivity contribution in [3.63, 3.8) is 0 Å². The Morgan fingerprint density at radius 1 is 0.634 bits per heavy atom. The fourth-order valence-electron chi connectivity index (χ4n) is 5.74. The largest absolute Gasteiger partial charge is 0.434 e. The Balaban J connectivity index is 1.75. The monoisotopic (exact) mass is 566 g/mol. The summed E-state index contributed by atoms with van der Waals surface area (Å²) in [6.45, 7) is 20.7. The maximum atomic E-state index is 7.15. The predicted octanol–water partition coefficient (Wildman–Crippen LogP) is 8.09. The summed E-state index contributed by atoms with van der Waals surface area (Å²) in [5, 5.41) is 1.08. The van der Waals surface area contributed by atoms with Gasteiger partial charge in [-0.3, -0.25) is 0 Å². The lowest BCUT2D eigenvalue weighted by Gasteiger charge is -2.33. The van der Waals surface area contributed by atoms with E-state index in [0.717, 1.165) is 36.4 Å². The molecule has 0 fully saturated rings. The zero-order chi connectivity index (χ0) is 29.4. The molecule has 1 aliphatic rings. The Morgan fingerprint density at radius 3 is 1.51 bits per heavy atom. The van der Waals surface area contributed by atoms with E-state index in [9.17, 15) is 0 Å². The third-order valence-electron chi connectivity index (χ3n) is 7.73. The Kier molecular flexibility index (Phi) is 8.33. The van der Waals surface area contributed by atoms with Crippen LogP contribution in [0.25, 0.3) is 0 Å². The van der Waals surface area contributed by atoms with Gasteiger partial charge in [0.15, 0.2) is 0 Å². The second kappa shape index (κ2) is 11.6. The summed E-state index contributed by atoms with van der Waals surface area (Å²) in [5.74, 6) is 1.97. The second-order valence-corrected chi connectivity index (χ2v) is 15.0. The van der Waals surface area contributed by atoms with Gasteiger partial charge in [0.2, 0.25) is 0 Å². The number of quaternary nitrogens is 1. The number of hydrogen-bond donors (Lipinski definition) is 1. The minimum Gasteiger partial charge on any atom is -0.434 e. The molecule has 0 aromatic heterocycles. The Labute approximate surface area is 248 Å². The number of aryl methyl sites for hydroxylation is 2. The van der Waals surface area contributed by atoms with Gasteiger partial charge >= 0.3 is 8.38 Å². The Morgan fingerprint density at radius 2 is 1.07 bits per heavy atom. The van der Waals surface area contributed by atoms with Gasteiger partial charge in [-0.15, -0.1) is 0 Å². The standard InChI is InChI=1S/C37H44NO2P/c1-26-19-29-24-38(23-28-15-11-9-12-16-28)25-30-20-27(2)22-33(37(6,7)8)35(30)40-41(31-17-13-10-14-18-31)39-34(29)32(21-26)36(3,4)5/h9-22H,23-25H2,1-8H3/p+1. The fraction of sp³-hybridized carbons (Fsp3) is 0.351. The molecule has 214 valence electrons. The molecule has 0 atom stereocenters. The van der Waals surface area contributed by atoms with Gasteiger partial charge in [-0.1, -0.05) is 113 Å².